The lowest BCUT2D eigenvalue weighted by atomic mass is 9.53. The van der Waals surface area contributed by atoms with Crippen LogP contribution in [0.2, 0.25) is 0 Å². The minimum atomic E-state index is -0.125. The van der Waals surface area contributed by atoms with Gasteiger partial charge in [0.1, 0.15) is 0 Å². The van der Waals surface area contributed by atoms with Crippen LogP contribution in [-0.2, 0) is 10.5 Å². The van der Waals surface area contributed by atoms with Crippen LogP contribution in [0.3, 0.4) is 0 Å². The minimum Gasteiger partial charge on any atom is -0.338 e. The zero-order valence-corrected chi connectivity index (χ0v) is 19.7. The molecule has 1 heterocycles. The SMILES string of the molecule is O=C(CCNC(=O)NC12CC3CC(CC(C3)C1)C2)Nc1ccc(SCc2cccnc2)cc1. The molecule has 7 heteroatoms. The van der Waals surface area contributed by atoms with Crippen LogP contribution in [0.25, 0.3) is 0 Å². The van der Waals surface area contributed by atoms with Crippen molar-refractivity contribution in [2.75, 3.05) is 11.9 Å². The van der Waals surface area contributed by atoms with E-state index in [1.165, 1.54) is 24.8 Å². The molecule has 6 nitrogen and oxygen atoms in total. The standard InChI is InChI=1S/C26H32N4O2S/c31-24(29-22-3-5-23(6-4-22)33-17-18-2-1-8-27-16-18)7-9-28-25(32)30-26-13-19-10-20(14-26)12-21(11-19)15-26/h1-6,8,16,19-21H,7,9-15,17H2,(H,29,31)(H2,28,30,32). The van der Waals surface area contributed by atoms with Crippen molar-refractivity contribution in [2.45, 2.75) is 61.1 Å². The van der Waals surface area contributed by atoms with Gasteiger partial charge in [-0.1, -0.05) is 6.07 Å². The molecule has 3 N–H and O–H groups in total. The highest BCUT2D eigenvalue weighted by Crippen LogP contribution is 2.55. The summed E-state index contributed by atoms with van der Waals surface area (Å²) < 4.78 is 0. The van der Waals surface area contributed by atoms with E-state index in [1.54, 1.807) is 18.0 Å². The maximum absolute atomic E-state index is 12.5. The summed E-state index contributed by atoms with van der Waals surface area (Å²) in [6, 6.07) is 11.7. The number of nitrogens with one attached hydrogen (secondary N) is 3. The van der Waals surface area contributed by atoms with E-state index in [4.69, 9.17) is 0 Å². The van der Waals surface area contributed by atoms with E-state index in [0.717, 1.165) is 53.4 Å². The van der Waals surface area contributed by atoms with Gasteiger partial charge in [-0.25, -0.2) is 4.79 Å². The second-order valence-electron chi connectivity index (χ2n) is 10.1. The molecule has 174 valence electrons. The molecular weight excluding hydrogens is 432 g/mol. The van der Waals surface area contributed by atoms with Gasteiger partial charge in [0.25, 0.3) is 0 Å². The molecule has 4 bridgehead atoms. The Balaban J connectivity index is 1.02. The Bertz CT molecular complexity index is 944. The molecule has 4 fully saturated rings. The van der Waals surface area contributed by atoms with Crippen molar-refractivity contribution < 1.29 is 9.59 Å². The average molecular weight is 465 g/mol. The van der Waals surface area contributed by atoms with Crippen molar-refractivity contribution >= 4 is 29.4 Å². The molecule has 0 spiro atoms. The molecule has 4 aliphatic rings. The topological polar surface area (TPSA) is 83.1 Å². The largest absolute Gasteiger partial charge is 0.338 e. The van der Waals surface area contributed by atoms with Gasteiger partial charge in [-0.05, 0) is 92.2 Å². The third-order valence-corrected chi connectivity index (χ3v) is 8.40. The summed E-state index contributed by atoms with van der Waals surface area (Å²) >= 11 is 1.73. The van der Waals surface area contributed by atoms with Gasteiger partial charge in [0.05, 0.1) is 0 Å². The van der Waals surface area contributed by atoms with Crippen molar-refractivity contribution in [3.05, 3.63) is 54.4 Å². The van der Waals surface area contributed by atoms with Crippen LogP contribution in [0, 0.1) is 17.8 Å². The lowest BCUT2D eigenvalue weighted by molar-refractivity contribution is -0.116. The molecule has 1 aromatic carbocycles. The Morgan fingerprint density at radius 2 is 1.70 bits per heavy atom. The van der Waals surface area contributed by atoms with Crippen molar-refractivity contribution in [1.29, 1.82) is 0 Å². The molecule has 3 amide bonds. The van der Waals surface area contributed by atoms with Crippen molar-refractivity contribution in [2.24, 2.45) is 17.8 Å². The number of amides is 3. The summed E-state index contributed by atoms with van der Waals surface area (Å²) in [6.45, 7) is 0.336. The average Bonchev–Trinajstić information content (AvgIpc) is 2.78. The summed E-state index contributed by atoms with van der Waals surface area (Å²) in [7, 11) is 0. The number of urea groups is 1. The van der Waals surface area contributed by atoms with Crippen LogP contribution in [0.1, 0.15) is 50.5 Å². The molecule has 0 radical (unpaired) electrons. The molecule has 4 aliphatic carbocycles. The fourth-order valence-electron chi connectivity index (χ4n) is 6.35. The first kappa shape index (κ1) is 22.3. The van der Waals surface area contributed by atoms with Crippen LogP contribution >= 0.6 is 11.8 Å². The van der Waals surface area contributed by atoms with Gasteiger partial charge in [-0.3, -0.25) is 9.78 Å². The van der Waals surface area contributed by atoms with Gasteiger partial charge in [0.2, 0.25) is 5.91 Å². The van der Waals surface area contributed by atoms with Gasteiger partial charge in [0, 0.05) is 47.2 Å². The van der Waals surface area contributed by atoms with Gasteiger partial charge in [-0.15, -0.1) is 11.8 Å². The highest BCUT2D eigenvalue weighted by Gasteiger charge is 2.51. The number of carbonyl (C=O) groups excluding carboxylic acids is 2. The predicted molar refractivity (Wildman–Crippen MR) is 131 cm³/mol. The predicted octanol–water partition coefficient (Wildman–Crippen LogP) is 4.97. The Morgan fingerprint density at radius 1 is 1.00 bits per heavy atom. The Morgan fingerprint density at radius 3 is 2.33 bits per heavy atom. The quantitative estimate of drug-likeness (QED) is 0.482. The lowest BCUT2D eigenvalue weighted by Gasteiger charge is -2.56. The summed E-state index contributed by atoms with van der Waals surface area (Å²) in [5.41, 5.74) is 1.95. The van der Waals surface area contributed by atoms with Gasteiger partial charge < -0.3 is 16.0 Å². The summed E-state index contributed by atoms with van der Waals surface area (Å²) in [5, 5.41) is 9.10. The van der Waals surface area contributed by atoms with Gasteiger partial charge >= 0.3 is 6.03 Å². The monoisotopic (exact) mass is 464 g/mol. The third kappa shape index (κ3) is 5.69. The number of hydrogen-bond donors (Lipinski definition) is 3. The van der Waals surface area contributed by atoms with Crippen LogP contribution < -0.4 is 16.0 Å². The zero-order chi connectivity index (χ0) is 22.7. The normalized spacial score (nSPS) is 27.2. The van der Waals surface area contributed by atoms with Gasteiger partial charge in [0.15, 0.2) is 0 Å². The molecule has 4 saturated carbocycles. The number of pyridine rings is 1. The van der Waals surface area contributed by atoms with E-state index < -0.39 is 0 Å². The fraction of sp³-hybridized carbons (Fsp3) is 0.500. The van der Waals surface area contributed by atoms with Crippen molar-refractivity contribution in [3.63, 3.8) is 0 Å². The number of anilines is 1. The number of hydrogen-bond acceptors (Lipinski definition) is 4. The highest BCUT2D eigenvalue weighted by molar-refractivity contribution is 7.98. The van der Waals surface area contributed by atoms with Crippen LogP contribution in [0.4, 0.5) is 10.5 Å². The molecule has 0 aliphatic heterocycles. The maximum atomic E-state index is 12.5. The number of carbonyl (C=O) groups is 2. The van der Waals surface area contributed by atoms with Gasteiger partial charge in [-0.2, -0.15) is 0 Å². The Kier molecular flexibility index (Phi) is 6.58. The highest BCUT2D eigenvalue weighted by atomic mass is 32.2. The van der Waals surface area contributed by atoms with Crippen LogP contribution in [-0.4, -0.2) is 29.0 Å². The number of thioether (sulfide) groups is 1. The van der Waals surface area contributed by atoms with Crippen LogP contribution in [0.5, 0.6) is 0 Å². The van der Waals surface area contributed by atoms with E-state index in [-0.39, 0.29) is 23.9 Å². The molecular formula is C26H32N4O2S. The van der Waals surface area contributed by atoms with E-state index >= 15 is 0 Å². The second kappa shape index (κ2) is 9.75. The third-order valence-electron chi connectivity index (χ3n) is 7.32. The summed E-state index contributed by atoms with van der Waals surface area (Å²) in [4.78, 5) is 30.1. The van der Waals surface area contributed by atoms with Crippen molar-refractivity contribution in [3.8, 4) is 0 Å². The maximum Gasteiger partial charge on any atom is 0.315 e. The first-order valence-electron chi connectivity index (χ1n) is 12.0. The molecule has 0 atom stereocenters. The number of nitrogens with zero attached hydrogens (tertiary/aromatic N) is 1. The number of benzene rings is 1. The zero-order valence-electron chi connectivity index (χ0n) is 18.9. The Labute approximate surface area is 199 Å². The molecule has 2 aromatic rings. The first-order valence-corrected chi connectivity index (χ1v) is 13.0. The lowest BCUT2D eigenvalue weighted by Crippen LogP contribution is -2.61. The molecule has 0 saturated heterocycles. The van der Waals surface area contributed by atoms with Crippen LogP contribution in [0.15, 0.2) is 53.7 Å². The Hall–Kier alpha value is -2.54. The molecule has 0 unspecified atom stereocenters. The van der Waals surface area contributed by atoms with E-state index in [2.05, 4.69) is 27.0 Å². The van der Waals surface area contributed by atoms with E-state index in [9.17, 15) is 9.59 Å². The molecule has 33 heavy (non-hydrogen) atoms. The fourth-order valence-corrected chi connectivity index (χ4v) is 7.18. The summed E-state index contributed by atoms with van der Waals surface area (Å²) in [6.07, 6.45) is 11.4. The minimum absolute atomic E-state index is 0.00211. The first-order chi connectivity index (χ1) is 16.1. The van der Waals surface area contributed by atoms with E-state index in [1.807, 2.05) is 36.5 Å². The molecule has 1 aromatic heterocycles. The summed E-state index contributed by atoms with van der Waals surface area (Å²) in [5.74, 6) is 3.14. The van der Waals surface area contributed by atoms with E-state index in [0.29, 0.717) is 6.54 Å². The number of aromatic nitrogens is 1. The second-order valence-corrected chi connectivity index (χ2v) is 11.1. The molecule has 6 rings (SSSR count). The smallest absolute Gasteiger partial charge is 0.315 e. The number of rotatable bonds is 8. The van der Waals surface area contributed by atoms with Crippen molar-refractivity contribution in [1.82, 2.24) is 15.6 Å².